The Bertz CT molecular complexity index is 588. The van der Waals surface area contributed by atoms with Crippen LogP contribution in [0.4, 0.5) is 5.69 Å². The number of hydrogen-bond donors (Lipinski definition) is 2. The molecule has 0 spiro atoms. The summed E-state index contributed by atoms with van der Waals surface area (Å²) >= 11 is 0. The fraction of sp³-hybridized carbons (Fsp3) is 0.500. The molecule has 1 amide bonds. The smallest absolute Gasteiger partial charge is 0.310 e. The Kier molecular flexibility index (Phi) is 4.02. The van der Waals surface area contributed by atoms with Crippen LogP contribution in [0.3, 0.4) is 0 Å². The molecule has 4 atom stereocenters. The number of carboxylic acids is 1. The summed E-state index contributed by atoms with van der Waals surface area (Å²) in [6.07, 6.45) is 0.798. The predicted molar refractivity (Wildman–Crippen MR) is 78.8 cm³/mol. The molecule has 1 aromatic carbocycles. The number of amides is 1. The highest BCUT2D eigenvalue weighted by molar-refractivity contribution is 5.97. The number of carbonyl (C=O) groups excluding carboxylic acids is 1. The second-order valence-electron chi connectivity index (χ2n) is 5.60. The van der Waals surface area contributed by atoms with Crippen LogP contribution in [0.5, 0.6) is 5.75 Å². The van der Waals surface area contributed by atoms with Crippen molar-refractivity contribution in [3.05, 3.63) is 24.3 Å². The van der Waals surface area contributed by atoms with Crippen LogP contribution in [0.15, 0.2) is 24.3 Å². The van der Waals surface area contributed by atoms with Gasteiger partial charge in [-0.25, -0.2) is 0 Å². The second kappa shape index (κ2) is 5.96. The van der Waals surface area contributed by atoms with Crippen molar-refractivity contribution < 1.29 is 24.2 Å². The minimum atomic E-state index is -0.967. The Morgan fingerprint density at radius 3 is 2.64 bits per heavy atom. The molecule has 2 saturated heterocycles. The Morgan fingerprint density at radius 2 is 1.95 bits per heavy atom. The van der Waals surface area contributed by atoms with Gasteiger partial charge >= 0.3 is 5.97 Å². The van der Waals surface area contributed by atoms with E-state index in [2.05, 4.69) is 5.32 Å². The average molecular weight is 305 g/mol. The molecule has 118 valence electrons. The van der Waals surface area contributed by atoms with Crippen LogP contribution in [0, 0.1) is 11.8 Å². The monoisotopic (exact) mass is 305 g/mol. The highest BCUT2D eigenvalue weighted by Gasteiger charge is 2.55. The maximum Gasteiger partial charge on any atom is 0.310 e. The van der Waals surface area contributed by atoms with Crippen molar-refractivity contribution in [3.8, 4) is 5.75 Å². The zero-order chi connectivity index (χ0) is 15.7. The van der Waals surface area contributed by atoms with Gasteiger partial charge in [-0.1, -0.05) is 12.1 Å². The molecule has 0 unspecified atom stereocenters. The molecule has 0 radical (unpaired) electrons. The van der Waals surface area contributed by atoms with Gasteiger partial charge in [-0.15, -0.1) is 0 Å². The third-order valence-electron chi connectivity index (χ3n) is 4.31. The van der Waals surface area contributed by atoms with Gasteiger partial charge in [0.25, 0.3) is 0 Å². The number of nitrogens with one attached hydrogen (secondary N) is 1. The molecule has 0 aliphatic carbocycles. The minimum absolute atomic E-state index is 0.301. The first kappa shape index (κ1) is 14.8. The summed E-state index contributed by atoms with van der Waals surface area (Å²) < 4.78 is 11.1. The van der Waals surface area contributed by atoms with Crippen LogP contribution in [0.1, 0.15) is 19.8 Å². The van der Waals surface area contributed by atoms with E-state index in [4.69, 9.17) is 9.47 Å². The lowest BCUT2D eigenvalue weighted by molar-refractivity contribution is -0.147. The lowest BCUT2D eigenvalue weighted by atomic mass is 9.78. The fourth-order valence-electron chi connectivity index (χ4n) is 3.39. The average Bonchev–Trinajstić information content (AvgIpc) is 3.10. The van der Waals surface area contributed by atoms with Crippen molar-refractivity contribution in [3.63, 3.8) is 0 Å². The number of benzene rings is 1. The molecule has 0 saturated carbocycles. The maximum atomic E-state index is 12.6. The van der Waals surface area contributed by atoms with Gasteiger partial charge in [-0.3, -0.25) is 9.59 Å². The first-order valence-electron chi connectivity index (χ1n) is 7.52. The topological polar surface area (TPSA) is 84.9 Å². The molecule has 2 aliphatic heterocycles. The van der Waals surface area contributed by atoms with E-state index in [0.717, 1.165) is 6.42 Å². The normalized spacial score (nSPS) is 29.3. The number of ether oxygens (including phenoxy) is 2. The number of carboxylic acid groups (broad SMARTS) is 1. The third kappa shape index (κ3) is 2.54. The van der Waals surface area contributed by atoms with Gasteiger partial charge in [-0.05, 0) is 31.9 Å². The molecule has 2 N–H and O–H groups in total. The fourth-order valence-corrected chi connectivity index (χ4v) is 3.39. The molecule has 22 heavy (non-hydrogen) atoms. The molecule has 2 bridgehead atoms. The summed E-state index contributed by atoms with van der Waals surface area (Å²) in [6, 6.07) is 7.13. The Balaban J connectivity index is 1.78. The van der Waals surface area contributed by atoms with Crippen LogP contribution in [0.2, 0.25) is 0 Å². The summed E-state index contributed by atoms with van der Waals surface area (Å²) in [5.74, 6) is -2.12. The first-order chi connectivity index (χ1) is 10.6. The quantitative estimate of drug-likeness (QED) is 0.868. The Labute approximate surface area is 128 Å². The van der Waals surface area contributed by atoms with E-state index in [1.54, 1.807) is 18.2 Å². The van der Waals surface area contributed by atoms with E-state index in [9.17, 15) is 14.7 Å². The van der Waals surface area contributed by atoms with Crippen molar-refractivity contribution in [2.24, 2.45) is 11.8 Å². The first-order valence-corrected chi connectivity index (χ1v) is 7.52. The number of anilines is 1. The van der Waals surface area contributed by atoms with Crippen LogP contribution < -0.4 is 10.1 Å². The molecule has 2 fully saturated rings. The lowest BCUT2D eigenvalue weighted by Crippen LogP contribution is -2.41. The van der Waals surface area contributed by atoms with Gasteiger partial charge in [0, 0.05) is 0 Å². The van der Waals surface area contributed by atoms with Crippen LogP contribution >= 0.6 is 0 Å². The van der Waals surface area contributed by atoms with Crippen molar-refractivity contribution >= 4 is 17.6 Å². The van der Waals surface area contributed by atoms with Gasteiger partial charge in [-0.2, -0.15) is 0 Å². The molecule has 3 rings (SSSR count). The van der Waals surface area contributed by atoms with Gasteiger partial charge in [0.05, 0.1) is 36.3 Å². The number of fused-ring (bicyclic) bond motifs is 2. The van der Waals surface area contributed by atoms with E-state index in [1.165, 1.54) is 0 Å². The van der Waals surface area contributed by atoms with Crippen LogP contribution in [0.25, 0.3) is 0 Å². The molecule has 6 nitrogen and oxygen atoms in total. The number of aliphatic carboxylic acids is 1. The van der Waals surface area contributed by atoms with Gasteiger partial charge < -0.3 is 19.9 Å². The molecule has 2 aliphatic rings. The number of hydrogen-bond acceptors (Lipinski definition) is 4. The lowest BCUT2D eigenvalue weighted by Gasteiger charge is -2.24. The zero-order valence-corrected chi connectivity index (χ0v) is 12.3. The molecule has 2 heterocycles. The van der Waals surface area contributed by atoms with E-state index >= 15 is 0 Å². The van der Waals surface area contributed by atoms with Crippen molar-refractivity contribution in [2.75, 3.05) is 11.9 Å². The summed E-state index contributed by atoms with van der Waals surface area (Å²) in [5, 5.41) is 12.2. The predicted octanol–water partition coefficient (Wildman–Crippen LogP) is 1.90. The number of rotatable bonds is 5. The second-order valence-corrected chi connectivity index (χ2v) is 5.60. The molecular weight excluding hydrogens is 286 g/mol. The van der Waals surface area contributed by atoms with E-state index in [0.29, 0.717) is 24.5 Å². The summed E-state index contributed by atoms with van der Waals surface area (Å²) in [7, 11) is 0. The SMILES string of the molecule is CCOc1ccccc1NC(=O)[C@H]1[C@H](C(=O)O)[C@H]2CC[C@H]1O2. The zero-order valence-electron chi connectivity index (χ0n) is 12.3. The van der Waals surface area contributed by atoms with Crippen molar-refractivity contribution in [2.45, 2.75) is 32.0 Å². The third-order valence-corrected chi connectivity index (χ3v) is 4.31. The Morgan fingerprint density at radius 1 is 1.27 bits per heavy atom. The van der Waals surface area contributed by atoms with Crippen LogP contribution in [-0.4, -0.2) is 35.8 Å². The van der Waals surface area contributed by atoms with Crippen LogP contribution in [-0.2, 0) is 14.3 Å². The summed E-state index contributed by atoms with van der Waals surface area (Å²) in [5.41, 5.74) is 0.557. The molecule has 1 aromatic rings. The minimum Gasteiger partial charge on any atom is -0.492 e. The number of carbonyl (C=O) groups is 2. The maximum absolute atomic E-state index is 12.6. The molecule has 6 heteroatoms. The highest BCUT2D eigenvalue weighted by Crippen LogP contribution is 2.44. The van der Waals surface area contributed by atoms with Crippen molar-refractivity contribution in [1.82, 2.24) is 0 Å². The number of para-hydroxylation sites is 2. The summed E-state index contributed by atoms with van der Waals surface area (Å²) in [4.78, 5) is 24.0. The van der Waals surface area contributed by atoms with E-state index in [-0.39, 0.29) is 18.1 Å². The summed E-state index contributed by atoms with van der Waals surface area (Å²) in [6.45, 7) is 2.35. The van der Waals surface area contributed by atoms with Gasteiger partial charge in [0.1, 0.15) is 5.75 Å². The Hall–Kier alpha value is -2.08. The molecule has 0 aromatic heterocycles. The van der Waals surface area contributed by atoms with E-state index in [1.807, 2.05) is 13.0 Å². The standard InChI is InChI=1S/C16H19NO5/c1-2-21-10-6-4-3-5-9(10)17-15(18)13-11-7-8-12(22-11)14(13)16(19)20/h3-6,11-14H,2,7-8H2,1H3,(H,17,18)(H,19,20)/t11-,12-,13-,14-/m1/s1. The van der Waals surface area contributed by atoms with Crippen molar-refractivity contribution in [1.29, 1.82) is 0 Å². The van der Waals surface area contributed by atoms with Gasteiger partial charge in [0.2, 0.25) is 5.91 Å². The van der Waals surface area contributed by atoms with E-state index < -0.39 is 17.8 Å². The molecular formula is C16H19NO5. The largest absolute Gasteiger partial charge is 0.492 e. The van der Waals surface area contributed by atoms with Gasteiger partial charge in [0.15, 0.2) is 0 Å². The highest BCUT2D eigenvalue weighted by atomic mass is 16.5.